The molecular formula is C12H16FNO. The quantitative estimate of drug-likeness (QED) is 0.819. The molecule has 1 aliphatic heterocycles. The first kappa shape index (κ1) is 10.4. The van der Waals surface area contributed by atoms with Gasteiger partial charge >= 0.3 is 0 Å². The lowest BCUT2D eigenvalue weighted by atomic mass is 9.97. The lowest BCUT2D eigenvalue weighted by Gasteiger charge is -2.13. The number of para-hydroxylation sites is 1. The first-order chi connectivity index (χ1) is 7.31. The lowest BCUT2D eigenvalue weighted by Crippen LogP contribution is -2.16. The Morgan fingerprint density at radius 1 is 1.40 bits per heavy atom. The normalized spacial score (nSPS) is 25.5. The van der Waals surface area contributed by atoms with Crippen molar-refractivity contribution in [2.45, 2.75) is 12.6 Å². The number of benzene rings is 1. The van der Waals surface area contributed by atoms with Crippen molar-refractivity contribution < 1.29 is 9.13 Å². The van der Waals surface area contributed by atoms with Crippen LogP contribution in [0.2, 0.25) is 0 Å². The highest BCUT2D eigenvalue weighted by molar-refractivity contribution is 5.33. The van der Waals surface area contributed by atoms with Crippen molar-refractivity contribution in [3.05, 3.63) is 29.8 Å². The van der Waals surface area contributed by atoms with Crippen molar-refractivity contribution >= 4 is 0 Å². The van der Waals surface area contributed by atoms with E-state index in [2.05, 4.69) is 5.32 Å². The van der Waals surface area contributed by atoms with Gasteiger partial charge in [0.05, 0.1) is 7.11 Å². The molecule has 2 atom stereocenters. The highest BCUT2D eigenvalue weighted by atomic mass is 19.1. The van der Waals surface area contributed by atoms with E-state index in [4.69, 9.17) is 4.74 Å². The van der Waals surface area contributed by atoms with Gasteiger partial charge in [-0.3, -0.25) is 0 Å². The predicted molar refractivity (Wildman–Crippen MR) is 58.0 cm³/mol. The van der Waals surface area contributed by atoms with Gasteiger partial charge in [0.15, 0.2) is 0 Å². The second-order valence-electron chi connectivity index (χ2n) is 3.95. The van der Waals surface area contributed by atoms with Crippen molar-refractivity contribution in [2.75, 3.05) is 20.2 Å². The van der Waals surface area contributed by atoms with Gasteiger partial charge in [0.2, 0.25) is 0 Å². The van der Waals surface area contributed by atoms with Crippen LogP contribution in [0, 0.1) is 5.92 Å². The maximum atomic E-state index is 13.4. The van der Waals surface area contributed by atoms with Crippen LogP contribution in [-0.2, 0) is 6.42 Å². The van der Waals surface area contributed by atoms with Crippen molar-refractivity contribution in [2.24, 2.45) is 5.92 Å². The minimum absolute atomic E-state index is 0.0845. The van der Waals surface area contributed by atoms with Crippen molar-refractivity contribution in [1.29, 1.82) is 0 Å². The molecule has 15 heavy (non-hydrogen) atoms. The Morgan fingerprint density at radius 2 is 2.20 bits per heavy atom. The summed E-state index contributed by atoms with van der Waals surface area (Å²) in [6, 6.07) is 7.82. The van der Waals surface area contributed by atoms with Gasteiger partial charge in [-0.15, -0.1) is 0 Å². The van der Waals surface area contributed by atoms with E-state index in [1.54, 1.807) is 7.11 Å². The van der Waals surface area contributed by atoms with E-state index in [1.807, 2.05) is 24.3 Å². The Morgan fingerprint density at radius 3 is 2.87 bits per heavy atom. The van der Waals surface area contributed by atoms with E-state index in [0.717, 1.165) is 24.3 Å². The molecule has 1 fully saturated rings. The molecule has 1 N–H and O–H groups in total. The summed E-state index contributed by atoms with van der Waals surface area (Å²) >= 11 is 0. The van der Waals surface area contributed by atoms with Crippen LogP contribution in [0.15, 0.2) is 24.3 Å². The lowest BCUT2D eigenvalue weighted by molar-refractivity contribution is 0.280. The van der Waals surface area contributed by atoms with Crippen molar-refractivity contribution in [1.82, 2.24) is 5.32 Å². The molecule has 2 rings (SSSR count). The van der Waals surface area contributed by atoms with Crippen LogP contribution >= 0.6 is 0 Å². The average molecular weight is 209 g/mol. The highest BCUT2D eigenvalue weighted by Crippen LogP contribution is 2.24. The van der Waals surface area contributed by atoms with E-state index >= 15 is 0 Å². The van der Waals surface area contributed by atoms with E-state index in [0.29, 0.717) is 6.54 Å². The molecule has 2 nitrogen and oxygen atoms in total. The Bertz CT molecular complexity index is 329. The highest BCUT2D eigenvalue weighted by Gasteiger charge is 2.27. The molecule has 0 radical (unpaired) electrons. The second kappa shape index (κ2) is 4.62. The summed E-state index contributed by atoms with van der Waals surface area (Å²) in [7, 11) is 1.65. The molecule has 0 saturated carbocycles. The summed E-state index contributed by atoms with van der Waals surface area (Å²) in [4.78, 5) is 0. The summed E-state index contributed by atoms with van der Waals surface area (Å²) in [5.74, 6) is 0.942. The van der Waals surface area contributed by atoms with Crippen LogP contribution in [0.5, 0.6) is 5.75 Å². The van der Waals surface area contributed by atoms with Crippen LogP contribution in [0.25, 0.3) is 0 Å². The number of alkyl halides is 1. The van der Waals surface area contributed by atoms with Crippen molar-refractivity contribution in [3.8, 4) is 5.75 Å². The van der Waals surface area contributed by atoms with E-state index in [1.165, 1.54) is 0 Å². The SMILES string of the molecule is COc1ccccc1CC1CNCC1F. The number of ether oxygens (including phenoxy) is 1. The predicted octanol–water partition coefficient (Wildman–Crippen LogP) is 1.80. The van der Waals surface area contributed by atoms with Gasteiger partial charge < -0.3 is 10.1 Å². The summed E-state index contributed by atoms with van der Waals surface area (Å²) < 4.78 is 18.7. The molecule has 0 amide bonds. The van der Waals surface area contributed by atoms with E-state index < -0.39 is 6.17 Å². The zero-order valence-corrected chi connectivity index (χ0v) is 8.87. The van der Waals surface area contributed by atoms with Gasteiger partial charge in [0, 0.05) is 19.0 Å². The van der Waals surface area contributed by atoms with Gasteiger partial charge in [-0.1, -0.05) is 18.2 Å². The third-order valence-corrected chi connectivity index (χ3v) is 2.93. The molecule has 0 aromatic heterocycles. The molecule has 1 saturated heterocycles. The summed E-state index contributed by atoms with van der Waals surface area (Å²) in [5, 5.41) is 3.06. The molecule has 82 valence electrons. The maximum Gasteiger partial charge on any atom is 0.122 e. The fourth-order valence-electron chi connectivity index (χ4n) is 2.06. The molecule has 3 heteroatoms. The standard InChI is InChI=1S/C12H16FNO/c1-15-12-5-3-2-4-9(12)6-10-7-14-8-11(10)13/h2-5,10-11,14H,6-8H2,1H3. The van der Waals surface area contributed by atoms with Gasteiger partial charge in [-0.05, 0) is 18.1 Å². The summed E-state index contributed by atoms with van der Waals surface area (Å²) in [5.41, 5.74) is 1.09. The largest absolute Gasteiger partial charge is 0.496 e. The Kier molecular flexibility index (Phi) is 3.21. The topological polar surface area (TPSA) is 21.3 Å². The third kappa shape index (κ3) is 2.29. The number of halogens is 1. The van der Waals surface area contributed by atoms with Crippen LogP contribution in [0.3, 0.4) is 0 Å². The first-order valence-corrected chi connectivity index (χ1v) is 5.28. The second-order valence-corrected chi connectivity index (χ2v) is 3.95. The number of nitrogens with one attached hydrogen (secondary N) is 1. The summed E-state index contributed by atoms with van der Waals surface area (Å²) in [6.45, 7) is 1.25. The van der Waals surface area contributed by atoms with Gasteiger partial charge in [-0.2, -0.15) is 0 Å². The van der Waals surface area contributed by atoms with Crippen molar-refractivity contribution in [3.63, 3.8) is 0 Å². The van der Waals surface area contributed by atoms with Crippen LogP contribution in [-0.4, -0.2) is 26.4 Å². The smallest absolute Gasteiger partial charge is 0.122 e. The van der Waals surface area contributed by atoms with Crippen LogP contribution in [0.1, 0.15) is 5.56 Å². The molecule has 2 unspecified atom stereocenters. The number of hydrogen-bond donors (Lipinski definition) is 1. The fourth-order valence-corrected chi connectivity index (χ4v) is 2.06. The molecule has 1 aromatic carbocycles. The molecule has 1 aromatic rings. The minimum atomic E-state index is -0.727. The molecule has 0 spiro atoms. The van der Waals surface area contributed by atoms with E-state index in [-0.39, 0.29) is 5.92 Å². The molecule has 1 aliphatic rings. The number of rotatable bonds is 3. The monoisotopic (exact) mass is 209 g/mol. The Labute approximate surface area is 89.4 Å². The number of hydrogen-bond acceptors (Lipinski definition) is 2. The number of methoxy groups -OCH3 is 1. The molecule has 1 heterocycles. The first-order valence-electron chi connectivity index (χ1n) is 5.28. The van der Waals surface area contributed by atoms with Crippen LogP contribution < -0.4 is 10.1 Å². The van der Waals surface area contributed by atoms with Crippen LogP contribution in [0.4, 0.5) is 4.39 Å². The van der Waals surface area contributed by atoms with E-state index in [9.17, 15) is 4.39 Å². The third-order valence-electron chi connectivity index (χ3n) is 2.93. The zero-order valence-electron chi connectivity index (χ0n) is 8.87. The average Bonchev–Trinajstić information content (AvgIpc) is 2.65. The fraction of sp³-hybridized carbons (Fsp3) is 0.500. The zero-order chi connectivity index (χ0) is 10.7. The van der Waals surface area contributed by atoms with Gasteiger partial charge in [0.1, 0.15) is 11.9 Å². The molecular weight excluding hydrogens is 193 g/mol. The van der Waals surface area contributed by atoms with Gasteiger partial charge in [-0.25, -0.2) is 4.39 Å². The Hall–Kier alpha value is -1.09. The molecule has 0 bridgehead atoms. The van der Waals surface area contributed by atoms with Gasteiger partial charge in [0.25, 0.3) is 0 Å². The summed E-state index contributed by atoms with van der Waals surface area (Å²) in [6.07, 6.45) is 0.0213. The maximum absolute atomic E-state index is 13.4. The molecule has 0 aliphatic carbocycles. The minimum Gasteiger partial charge on any atom is -0.496 e. The Balaban J connectivity index is 2.09.